The van der Waals surface area contributed by atoms with Crippen molar-refractivity contribution >= 4 is 21.7 Å². The number of anilines is 1. The highest BCUT2D eigenvalue weighted by Gasteiger charge is 2.16. The van der Waals surface area contributed by atoms with E-state index >= 15 is 0 Å². The van der Waals surface area contributed by atoms with E-state index in [1.807, 2.05) is 61.5 Å². The molecule has 0 aromatic heterocycles. The number of benzene rings is 3. The fourth-order valence-electron chi connectivity index (χ4n) is 2.93. The average Bonchev–Trinajstić information content (AvgIpc) is 2.68. The number of amides is 2. The van der Waals surface area contributed by atoms with Crippen molar-refractivity contribution in [3.05, 3.63) is 95.6 Å². The molecule has 0 saturated carbocycles. The van der Waals surface area contributed by atoms with Crippen LogP contribution in [0.3, 0.4) is 0 Å². The third-order valence-corrected chi connectivity index (χ3v) is 5.33. The van der Waals surface area contributed by atoms with Crippen LogP contribution in [0, 0.1) is 6.92 Å². The van der Waals surface area contributed by atoms with Gasteiger partial charge in [-0.1, -0.05) is 54.6 Å². The van der Waals surface area contributed by atoms with Gasteiger partial charge in [-0.25, -0.2) is 18.4 Å². The Morgan fingerprint density at radius 2 is 1.52 bits per heavy atom. The van der Waals surface area contributed by atoms with E-state index in [1.54, 1.807) is 17.0 Å². The molecule has 0 heterocycles. The summed E-state index contributed by atoms with van der Waals surface area (Å²) in [7, 11) is -3.75. The number of hydrogen-bond acceptors (Lipinski definition) is 3. The Balaban J connectivity index is 1.81. The number of aryl methyl sites for hydroxylation is 1. The second-order valence-corrected chi connectivity index (χ2v) is 8.39. The van der Waals surface area contributed by atoms with Gasteiger partial charge in [-0.15, -0.1) is 0 Å². The molecule has 2 amide bonds. The van der Waals surface area contributed by atoms with E-state index in [-0.39, 0.29) is 10.9 Å². The van der Waals surface area contributed by atoms with Crippen molar-refractivity contribution in [3.8, 4) is 0 Å². The Labute approximate surface area is 171 Å². The van der Waals surface area contributed by atoms with Crippen molar-refractivity contribution < 1.29 is 13.2 Å². The van der Waals surface area contributed by atoms with Gasteiger partial charge in [0.05, 0.1) is 4.90 Å². The number of sulfonamides is 1. The monoisotopic (exact) mass is 409 g/mol. The van der Waals surface area contributed by atoms with Gasteiger partial charge in [-0.05, 0) is 47.9 Å². The molecular formula is C22H23N3O3S. The summed E-state index contributed by atoms with van der Waals surface area (Å²) < 4.78 is 22.9. The van der Waals surface area contributed by atoms with E-state index < -0.39 is 10.0 Å². The number of primary sulfonamides is 1. The van der Waals surface area contributed by atoms with Crippen LogP contribution < -0.4 is 10.5 Å². The lowest BCUT2D eigenvalue weighted by Crippen LogP contribution is -2.34. The van der Waals surface area contributed by atoms with Crippen LogP contribution in [0.1, 0.15) is 16.7 Å². The molecule has 0 spiro atoms. The van der Waals surface area contributed by atoms with Crippen LogP contribution in [-0.2, 0) is 23.1 Å². The summed E-state index contributed by atoms with van der Waals surface area (Å²) in [6, 6.07) is 23.3. The molecule has 0 aliphatic heterocycles. The van der Waals surface area contributed by atoms with E-state index in [0.29, 0.717) is 13.1 Å². The van der Waals surface area contributed by atoms with Crippen LogP contribution in [0.4, 0.5) is 10.5 Å². The van der Waals surface area contributed by atoms with Crippen LogP contribution >= 0.6 is 0 Å². The summed E-state index contributed by atoms with van der Waals surface area (Å²) in [5.74, 6) is 0. The van der Waals surface area contributed by atoms with Crippen molar-refractivity contribution in [3.63, 3.8) is 0 Å². The molecular weight excluding hydrogens is 386 g/mol. The summed E-state index contributed by atoms with van der Waals surface area (Å²) in [5.41, 5.74) is 3.56. The van der Waals surface area contributed by atoms with E-state index in [0.717, 1.165) is 22.4 Å². The van der Waals surface area contributed by atoms with Crippen molar-refractivity contribution in [2.24, 2.45) is 5.14 Å². The molecule has 7 heteroatoms. The molecule has 0 fully saturated rings. The van der Waals surface area contributed by atoms with Gasteiger partial charge in [0.2, 0.25) is 10.0 Å². The summed E-state index contributed by atoms with van der Waals surface area (Å²) in [6.45, 7) is 2.69. The molecule has 3 aromatic carbocycles. The van der Waals surface area contributed by atoms with Gasteiger partial charge in [0.15, 0.2) is 0 Å². The van der Waals surface area contributed by atoms with E-state index in [2.05, 4.69) is 5.32 Å². The standard InChI is InChI=1S/C22H23N3O3S/c1-17-6-5-9-20(14-17)24-22(26)25(15-18-7-3-2-4-8-18)16-19-10-12-21(13-11-19)29(23,27)28/h2-14H,15-16H2,1H3,(H,24,26)(H2,23,27,28). The van der Waals surface area contributed by atoms with Gasteiger partial charge in [-0.3, -0.25) is 0 Å². The van der Waals surface area contributed by atoms with Gasteiger partial charge < -0.3 is 10.2 Å². The first-order valence-corrected chi connectivity index (χ1v) is 10.6. The second kappa shape index (κ2) is 8.89. The Hall–Kier alpha value is -3.16. The van der Waals surface area contributed by atoms with E-state index in [1.165, 1.54) is 12.1 Å². The zero-order valence-corrected chi connectivity index (χ0v) is 16.9. The summed E-state index contributed by atoms with van der Waals surface area (Å²) >= 11 is 0. The third kappa shape index (κ3) is 5.91. The Morgan fingerprint density at radius 1 is 0.897 bits per heavy atom. The van der Waals surface area contributed by atoms with Crippen LogP contribution in [0.5, 0.6) is 0 Å². The number of urea groups is 1. The smallest absolute Gasteiger partial charge is 0.316 e. The molecule has 6 nitrogen and oxygen atoms in total. The number of nitrogens with one attached hydrogen (secondary N) is 1. The molecule has 29 heavy (non-hydrogen) atoms. The van der Waals surface area contributed by atoms with E-state index in [4.69, 9.17) is 5.14 Å². The Kier molecular flexibility index (Phi) is 6.31. The summed E-state index contributed by atoms with van der Waals surface area (Å²) in [5, 5.41) is 8.08. The lowest BCUT2D eigenvalue weighted by molar-refractivity contribution is 0.206. The number of carbonyl (C=O) groups is 1. The highest BCUT2D eigenvalue weighted by atomic mass is 32.2. The van der Waals surface area contributed by atoms with Crippen molar-refractivity contribution in [2.45, 2.75) is 24.9 Å². The Morgan fingerprint density at radius 3 is 2.10 bits per heavy atom. The fraction of sp³-hybridized carbons (Fsp3) is 0.136. The molecule has 0 bridgehead atoms. The highest BCUT2D eigenvalue weighted by molar-refractivity contribution is 7.89. The molecule has 0 radical (unpaired) electrons. The number of nitrogens with two attached hydrogens (primary N) is 1. The fourth-order valence-corrected chi connectivity index (χ4v) is 3.45. The maximum absolute atomic E-state index is 13.0. The van der Waals surface area contributed by atoms with Crippen LogP contribution in [0.25, 0.3) is 0 Å². The molecule has 150 valence electrons. The second-order valence-electron chi connectivity index (χ2n) is 6.83. The predicted octanol–water partition coefficient (Wildman–Crippen LogP) is 3.88. The minimum absolute atomic E-state index is 0.0417. The number of nitrogens with zero attached hydrogens (tertiary/aromatic N) is 1. The maximum Gasteiger partial charge on any atom is 0.322 e. The molecule has 0 saturated heterocycles. The average molecular weight is 410 g/mol. The highest BCUT2D eigenvalue weighted by Crippen LogP contribution is 2.16. The third-order valence-electron chi connectivity index (χ3n) is 4.40. The SMILES string of the molecule is Cc1cccc(NC(=O)N(Cc2ccccc2)Cc2ccc(S(N)(=O)=O)cc2)c1. The van der Waals surface area contributed by atoms with E-state index in [9.17, 15) is 13.2 Å². The molecule has 0 unspecified atom stereocenters. The zero-order chi connectivity index (χ0) is 20.9. The molecule has 0 atom stereocenters. The van der Waals surface area contributed by atoms with Gasteiger partial charge in [0, 0.05) is 18.8 Å². The van der Waals surface area contributed by atoms with Crippen LogP contribution in [-0.4, -0.2) is 19.3 Å². The number of rotatable bonds is 6. The number of hydrogen-bond donors (Lipinski definition) is 2. The van der Waals surface area contributed by atoms with Crippen LogP contribution in [0.2, 0.25) is 0 Å². The van der Waals surface area contributed by atoms with Crippen molar-refractivity contribution in [1.82, 2.24) is 4.90 Å². The first kappa shape index (κ1) is 20.6. The minimum atomic E-state index is -3.75. The van der Waals surface area contributed by atoms with Gasteiger partial charge in [0.1, 0.15) is 0 Å². The predicted molar refractivity (Wildman–Crippen MR) is 114 cm³/mol. The van der Waals surface area contributed by atoms with Gasteiger partial charge in [-0.2, -0.15) is 0 Å². The lowest BCUT2D eigenvalue weighted by Gasteiger charge is -2.24. The zero-order valence-electron chi connectivity index (χ0n) is 16.1. The van der Waals surface area contributed by atoms with Crippen molar-refractivity contribution in [1.29, 1.82) is 0 Å². The topological polar surface area (TPSA) is 92.5 Å². The Bertz CT molecular complexity index is 1080. The quantitative estimate of drug-likeness (QED) is 0.647. The lowest BCUT2D eigenvalue weighted by atomic mass is 10.1. The van der Waals surface area contributed by atoms with Gasteiger partial charge >= 0.3 is 6.03 Å². The molecule has 0 aliphatic rings. The summed E-state index contributed by atoms with van der Waals surface area (Å²) in [6.07, 6.45) is 0. The molecule has 3 rings (SSSR count). The summed E-state index contributed by atoms with van der Waals surface area (Å²) in [4.78, 5) is 14.7. The van der Waals surface area contributed by atoms with Crippen LogP contribution in [0.15, 0.2) is 83.8 Å². The number of carbonyl (C=O) groups excluding carboxylic acids is 1. The van der Waals surface area contributed by atoms with Crippen molar-refractivity contribution in [2.75, 3.05) is 5.32 Å². The molecule has 0 aliphatic carbocycles. The first-order chi connectivity index (χ1) is 13.8. The normalized spacial score (nSPS) is 11.1. The largest absolute Gasteiger partial charge is 0.322 e. The minimum Gasteiger partial charge on any atom is -0.316 e. The molecule has 3 N–H and O–H groups in total. The molecule has 3 aromatic rings. The first-order valence-electron chi connectivity index (χ1n) is 9.09. The maximum atomic E-state index is 13.0. The van der Waals surface area contributed by atoms with Gasteiger partial charge in [0.25, 0.3) is 0 Å².